The number of aromatic nitrogens is 2. The molecule has 1 aromatic heterocycles. The molecule has 6 nitrogen and oxygen atoms in total. The van der Waals surface area contributed by atoms with Crippen LogP contribution in [-0.4, -0.2) is 28.2 Å². The van der Waals surface area contributed by atoms with Crippen LogP contribution in [-0.2, 0) is 56.0 Å². The number of ether oxygens (including phenoxy) is 1. The lowest BCUT2D eigenvalue weighted by atomic mass is 9.12. The minimum absolute atomic E-state index is 0.0467. The van der Waals surface area contributed by atoms with Crippen LogP contribution < -0.4 is 31.2 Å². The van der Waals surface area contributed by atoms with Crippen LogP contribution in [0.4, 0.5) is 105 Å². The zero-order valence-corrected chi connectivity index (χ0v) is 39.8. The van der Waals surface area contributed by atoms with E-state index in [0.717, 1.165) is 5.56 Å². The third-order valence-electron chi connectivity index (χ3n) is 11.9. The Labute approximate surface area is 442 Å². The summed E-state index contributed by atoms with van der Waals surface area (Å²) in [6.45, 7) is 0.595. The van der Waals surface area contributed by atoms with Crippen LogP contribution in [0.3, 0.4) is 0 Å². The first kappa shape index (κ1) is 62.9. The van der Waals surface area contributed by atoms with Crippen LogP contribution in [0.25, 0.3) is 0 Å². The predicted molar refractivity (Wildman–Crippen MR) is 238 cm³/mol. The summed E-state index contributed by atoms with van der Waals surface area (Å²) in [5.74, 6) is -1.58. The Bertz CT molecular complexity index is 3050. The van der Waals surface area contributed by atoms with E-state index >= 15 is 0 Å². The SMILES string of the molecule is FC(F)(F)c1cc([B-](c2cc(C(F)(F)F)cc(C(F)(F)F)c2)(c2cc(C(F)(F)F)cc(C(F)(F)F)c2)c2cc(C(F)(F)F)cc(C(F)(F)F)c2)cc(C(F)(F)F)c1.O=C(O)c1cccc(OC(=O)c2c[n+](Cc3ccccc3)ccn2)c1. The maximum absolute atomic E-state index is 14.2. The quantitative estimate of drug-likeness (QED) is 0.0512. The van der Waals surface area contributed by atoms with Gasteiger partial charge in [-0.3, -0.25) is 0 Å². The summed E-state index contributed by atoms with van der Waals surface area (Å²) < 4.78 is 348. The summed E-state index contributed by atoms with van der Waals surface area (Å²) in [5.41, 5.74) is -28.9. The van der Waals surface area contributed by atoms with Gasteiger partial charge in [0.25, 0.3) is 0 Å². The van der Waals surface area contributed by atoms with E-state index in [4.69, 9.17) is 9.84 Å². The van der Waals surface area contributed by atoms with Crippen LogP contribution >= 0.6 is 0 Å². The van der Waals surface area contributed by atoms with Gasteiger partial charge in [-0.05, 0) is 42.5 Å². The van der Waals surface area contributed by atoms with E-state index in [2.05, 4.69) is 4.98 Å². The van der Waals surface area contributed by atoms with Crippen molar-refractivity contribution < 1.29 is 129 Å². The molecule has 0 fully saturated rings. The zero-order chi connectivity index (χ0) is 61.6. The van der Waals surface area contributed by atoms with Gasteiger partial charge in [0.2, 0.25) is 11.9 Å². The first-order valence-corrected chi connectivity index (χ1v) is 22.2. The molecule has 7 rings (SSSR count). The number of nitrogens with zero attached hydrogens (tertiary/aromatic N) is 2. The molecule has 7 aromatic rings. The summed E-state index contributed by atoms with van der Waals surface area (Å²) in [6, 6.07) is 6.75. The molecule has 0 saturated carbocycles. The fourth-order valence-corrected chi connectivity index (χ4v) is 8.35. The topological polar surface area (TPSA) is 80.4 Å². The molecule has 0 aliphatic carbocycles. The molecule has 0 radical (unpaired) electrons. The zero-order valence-electron chi connectivity index (χ0n) is 39.8. The predicted octanol–water partition coefficient (Wildman–Crippen LogP) is 13.5. The second-order valence-corrected chi connectivity index (χ2v) is 17.5. The molecule has 436 valence electrons. The number of esters is 1. The van der Waals surface area contributed by atoms with E-state index in [9.17, 15) is 115 Å². The van der Waals surface area contributed by atoms with Gasteiger partial charge in [0.15, 0.2) is 12.7 Å². The van der Waals surface area contributed by atoms with Crippen molar-refractivity contribution in [1.29, 1.82) is 0 Å². The lowest BCUT2D eigenvalue weighted by Gasteiger charge is -2.46. The number of alkyl halides is 24. The van der Waals surface area contributed by atoms with Crippen LogP contribution in [0, 0.1) is 0 Å². The summed E-state index contributed by atoms with van der Waals surface area (Å²) in [5, 5.41) is 8.98. The normalized spacial score (nSPS) is 13.1. The molecule has 0 spiro atoms. The molecule has 0 bridgehead atoms. The number of hydrogen-bond acceptors (Lipinski definition) is 4. The number of hydrogen-bond donors (Lipinski definition) is 1. The van der Waals surface area contributed by atoms with Gasteiger partial charge in [-0.2, -0.15) is 132 Å². The number of carboxylic acid groups (broad SMARTS) is 1. The summed E-state index contributed by atoms with van der Waals surface area (Å²) in [7, 11) is 0. The molecule has 0 aliphatic rings. The van der Waals surface area contributed by atoms with Gasteiger partial charge >= 0.3 is 61.3 Å². The van der Waals surface area contributed by atoms with Crippen molar-refractivity contribution in [3.05, 3.63) is 207 Å². The second kappa shape index (κ2) is 22.2. The molecule has 0 unspecified atom stereocenters. The van der Waals surface area contributed by atoms with Crippen LogP contribution in [0.5, 0.6) is 5.75 Å². The highest BCUT2D eigenvalue weighted by Crippen LogP contribution is 2.41. The Balaban J connectivity index is 0.000000357. The summed E-state index contributed by atoms with van der Waals surface area (Å²) in [6.07, 6.45) is -49.9. The van der Waals surface area contributed by atoms with E-state index in [1.54, 1.807) is 12.4 Å². The van der Waals surface area contributed by atoms with Crippen molar-refractivity contribution in [2.24, 2.45) is 0 Å². The first-order valence-electron chi connectivity index (χ1n) is 22.2. The molecule has 0 atom stereocenters. The van der Waals surface area contributed by atoms with E-state index in [1.807, 2.05) is 34.9 Å². The highest BCUT2D eigenvalue weighted by Gasteiger charge is 2.47. The summed E-state index contributed by atoms with van der Waals surface area (Å²) in [4.78, 5) is 27.2. The third-order valence-corrected chi connectivity index (χ3v) is 11.9. The van der Waals surface area contributed by atoms with E-state index < -0.39 is 207 Å². The minimum Gasteiger partial charge on any atom is -0.478 e. The Morgan fingerprint density at radius 3 is 1.04 bits per heavy atom. The lowest BCUT2D eigenvalue weighted by molar-refractivity contribution is -0.689. The molecule has 0 aliphatic heterocycles. The molecule has 6 aromatic carbocycles. The summed E-state index contributed by atoms with van der Waals surface area (Å²) >= 11 is 0. The molecular weight excluding hydrogens is 1170 g/mol. The minimum atomic E-state index is -6.13. The fourth-order valence-electron chi connectivity index (χ4n) is 8.35. The van der Waals surface area contributed by atoms with Gasteiger partial charge in [0, 0.05) is 5.56 Å². The number of aromatic carboxylic acids is 1. The Hall–Kier alpha value is -8.28. The average molecular weight is 1200 g/mol. The number of rotatable bonds is 9. The number of halogens is 24. The molecule has 0 saturated heterocycles. The highest BCUT2D eigenvalue weighted by molar-refractivity contribution is 7.20. The van der Waals surface area contributed by atoms with Crippen molar-refractivity contribution in [3.8, 4) is 5.75 Å². The standard InChI is InChI=1S/C32H12BF24.C19H14N2O4/c34-25(35,36)13-1-14(26(37,38)39)6-21(5-13)33(22-7-15(27(40,41)42)2-16(8-22)28(43,44)45,23-9-17(29(46,47)48)3-18(10-23)30(49,50)51)24-11-19(31(52,53)54)4-20(12-24)32(55,56)57;22-18(23)15-7-4-8-16(11-15)25-19(24)17-13-21(10-9-20-17)12-14-5-2-1-3-6-14/h1-12H;1-11,13H,12H2/q-1;/p+1. The van der Waals surface area contributed by atoms with Crippen molar-refractivity contribution in [2.75, 3.05) is 0 Å². The monoisotopic (exact) mass is 1200 g/mol. The van der Waals surface area contributed by atoms with Crippen LogP contribution in [0.1, 0.15) is 70.9 Å². The van der Waals surface area contributed by atoms with Crippen LogP contribution in [0.2, 0.25) is 0 Å². The molecular formula is C51H27BF24N2O4. The van der Waals surface area contributed by atoms with Crippen molar-refractivity contribution in [1.82, 2.24) is 4.98 Å². The first-order chi connectivity index (χ1) is 37.4. The molecule has 31 heteroatoms. The maximum atomic E-state index is 14.2. The molecule has 1 heterocycles. The number of benzene rings is 6. The Morgan fingerprint density at radius 2 is 0.744 bits per heavy atom. The highest BCUT2D eigenvalue weighted by atomic mass is 19.4. The third kappa shape index (κ3) is 14.8. The molecule has 0 amide bonds. The van der Waals surface area contributed by atoms with E-state index in [1.165, 1.54) is 30.5 Å². The van der Waals surface area contributed by atoms with Crippen molar-refractivity contribution in [3.63, 3.8) is 0 Å². The number of carbonyl (C=O) groups is 2. The average Bonchev–Trinajstić information content (AvgIpc) is 3.35. The van der Waals surface area contributed by atoms with Gasteiger partial charge in [-0.15, -0.1) is 0 Å². The Kier molecular flexibility index (Phi) is 17.1. The largest absolute Gasteiger partial charge is 0.478 e. The molecule has 82 heavy (non-hydrogen) atoms. The van der Waals surface area contributed by atoms with Gasteiger partial charge < -0.3 is 9.84 Å². The Morgan fingerprint density at radius 1 is 0.427 bits per heavy atom. The van der Waals surface area contributed by atoms with Crippen LogP contribution in [0.15, 0.2) is 146 Å². The number of carbonyl (C=O) groups excluding carboxylic acids is 1. The van der Waals surface area contributed by atoms with Crippen molar-refractivity contribution in [2.45, 2.75) is 56.0 Å². The van der Waals surface area contributed by atoms with Gasteiger partial charge in [-0.1, -0.05) is 84.9 Å². The maximum Gasteiger partial charge on any atom is 0.416 e. The number of carboxylic acids is 1. The molecule has 1 N–H and O–H groups in total. The van der Waals surface area contributed by atoms with Crippen molar-refractivity contribution >= 4 is 39.9 Å². The second-order valence-electron chi connectivity index (χ2n) is 17.5. The van der Waals surface area contributed by atoms with Gasteiger partial charge in [0.1, 0.15) is 11.9 Å². The van der Waals surface area contributed by atoms with E-state index in [0.29, 0.717) is 6.54 Å². The van der Waals surface area contributed by atoms with Gasteiger partial charge in [-0.25, -0.2) is 14.6 Å². The smallest absolute Gasteiger partial charge is 0.416 e. The van der Waals surface area contributed by atoms with E-state index in [-0.39, 0.29) is 17.0 Å². The lowest BCUT2D eigenvalue weighted by Crippen LogP contribution is -2.75. The fraction of sp³-hybridized carbons (Fsp3) is 0.176. The van der Waals surface area contributed by atoms with Gasteiger partial charge in [0.05, 0.1) is 56.3 Å².